The van der Waals surface area contributed by atoms with Gasteiger partial charge in [-0.3, -0.25) is 0 Å². The third kappa shape index (κ3) is 6.50. The Morgan fingerprint density at radius 1 is 0.950 bits per heavy atom. The molecule has 0 radical (unpaired) electrons. The Bertz CT molecular complexity index is 1530. The molecule has 0 aromatic heterocycles. The minimum absolute atomic E-state index is 0.140. The average molecular weight is 589 g/mol. The smallest absolute Gasteiger partial charge is 0.243 e. The maximum absolute atomic E-state index is 13.3. The second-order valence-electron chi connectivity index (χ2n) is 10.5. The van der Waals surface area contributed by atoms with Crippen molar-refractivity contribution in [3.63, 3.8) is 0 Å². The molecule has 2 fully saturated rings. The van der Waals surface area contributed by atoms with Gasteiger partial charge in [0, 0.05) is 19.1 Å². The number of sulfonamides is 1. The third-order valence-electron chi connectivity index (χ3n) is 7.75. The summed E-state index contributed by atoms with van der Waals surface area (Å²) in [4.78, 5) is 0.469. The first-order valence-corrected chi connectivity index (χ1v) is 16.7. The van der Waals surface area contributed by atoms with E-state index in [1.165, 1.54) is 12.1 Å². The number of hydrogen-bond donors (Lipinski definition) is 2. The van der Waals surface area contributed by atoms with E-state index in [4.69, 9.17) is 14.6 Å². The largest absolute Gasteiger partial charge is 0.494 e. The zero-order valence-electron chi connectivity index (χ0n) is 22.4. The first-order valence-electron chi connectivity index (χ1n) is 13.6. The van der Waals surface area contributed by atoms with Gasteiger partial charge in [-0.25, -0.2) is 16.8 Å². The van der Waals surface area contributed by atoms with Gasteiger partial charge in [0.2, 0.25) is 10.0 Å². The van der Waals surface area contributed by atoms with Crippen LogP contribution in [0.15, 0.2) is 76.5 Å². The lowest BCUT2D eigenvalue weighted by molar-refractivity contribution is -0.0311. The number of fused-ring (bicyclic) bond motifs is 1. The fourth-order valence-electron chi connectivity index (χ4n) is 5.50. The summed E-state index contributed by atoms with van der Waals surface area (Å²) in [5, 5.41) is 14.4. The van der Waals surface area contributed by atoms with Crippen molar-refractivity contribution in [1.82, 2.24) is 9.62 Å². The molecule has 1 unspecified atom stereocenters. The Labute approximate surface area is 236 Å². The van der Waals surface area contributed by atoms with Crippen LogP contribution in [0.25, 0.3) is 10.8 Å². The van der Waals surface area contributed by atoms with Crippen molar-refractivity contribution in [1.29, 1.82) is 0 Å². The summed E-state index contributed by atoms with van der Waals surface area (Å²) in [5.74, 6) is 0.163. The number of rotatable bonds is 11. The zero-order valence-corrected chi connectivity index (χ0v) is 24.0. The van der Waals surface area contributed by atoms with Crippen LogP contribution in [-0.2, 0) is 24.6 Å². The molecule has 0 aliphatic carbocycles. The molecule has 216 valence electrons. The molecule has 2 aliphatic rings. The number of aliphatic hydroxyl groups is 1. The molecule has 3 aromatic carbocycles. The number of benzene rings is 3. The van der Waals surface area contributed by atoms with Crippen molar-refractivity contribution in [3.05, 3.63) is 66.7 Å². The number of piperidine rings is 1. The molecule has 2 N–H and O–H groups in total. The lowest BCUT2D eigenvalue weighted by Crippen LogP contribution is -2.46. The van der Waals surface area contributed by atoms with Crippen LogP contribution in [0, 0.1) is 0 Å². The van der Waals surface area contributed by atoms with E-state index in [9.17, 15) is 16.8 Å². The summed E-state index contributed by atoms with van der Waals surface area (Å²) in [7, 11) is -7.09. The van der Waals surface area contributed by atoms with E-state index in [0.717, 1.165) is 30.2 Å². The standard InChI is InChI=1S/C29H36N2O7S2/c32-16-18-39(33,34)27-8-3-7-26(20-27)37-17-4-13-30-25-21-29(38-22-25)11-14-31(15-12-29)40(35,36)28-10-9-23-5-1-2-6-24(23)19-28/h1-3,5-10,19-20,25,30,32H,4,11-18,21-22H2. The fraction of sp³-hybridized carbons (Fsp3) is 0.448. The van der Waals surface area contributed by atoms with Crippen molar-refractivity contribution in [3.8, 4) is 5.75 Å². The highest BCUT2D eigenvalue weighted by atomic mass is 32.2. The van der Waals surface area contributed by atoms with Crippen LogP contribution in [0.1, 0.15) is 25.7 Å². The van der Waals surface area contributed by atoms with Gasteiger partial charge in [-0.15, -0.1) is 0 Å². The summed E-state index contributed by atoms with van der Waals surface area (Å²) >= 11 is 0. The summed E-state index contributed by atoms with van der Waals surface area (Å²) in [5.41, 5.74) is -0.302. The topological polar surface area (TPSA) is 122 Å². The molecule has 5 rings (SSSR count). The molecular formula is C29H36N2O7S2. The molecule has 1 atom stereocenters. The first-order chi connectivity index (χ1) is 19.2. The minimum Gasteiger partial charge on any atom is -0.494 e. The van der Waals surface area contributed by atoms with Crippen LogP contribution in [-0.4, -0.2) is 83.1 Å². The molecule has 3 aromatic rings. The van der Waals surface area contributed by atoms with Gasteiger partial charge in [-0.05, 0) is 73.3 Å². The maximum Gasteiger partial charge on any atom is 0.243 e. The highest BCUT2D eigenvalue weighted by Crippen LogP contribution is 2.37. The molecular weight excluding hydrogens is 552 g/mol. The Kier molecular flexibility index (Phi) is 8.79. The predicted octanol–water partition coefficient (Wildman–Crippen LogP) is 2.98. The summed E-state index contributed by atoms with van der Waals surface area (Å²) < 4.78 is 64.5. The van der Waals surface area contributed by atoms with Crippen molar-refractivity contribution in [2.45, 2.75) is 47.1 Å². The average Bonchev–Trinajstić information content (AvgIpc) is 3.34. The zero-order chi connectivity index (χ0) is 28.2. The molecule has 1 spiro atoms. The van der Waals surface area contributed by atoms with E-state index < -0.39 is 26.5 Å². The Morgan fingerprint density at radius 3 is 2.50 bits per heavy atom. The maximum atomic E-state index is 13.3. The number of aliphatic hydroxyl groups excluding tert-OH is 1. The van der Waals surface area contributed by atoms with Crippen LogP contribution in [0.4, 0.5) is 0 Å². The van der Waals surface area contributed by atoms with Crippen LogP contribution < -0.4 is 10.1 Å². The molecule has 40 heavy (non-hydrogen) atoms. The molecule has 11 heteroatoms. The Balaban J connectivity index is 1.06. The molecule has 2 heterocycles. The van der Waals surface area contributed by atoms with Crippen LogP contribution in [0.3, 0.4) is 0 Å². The van der Waals surface area contributed by atoms with Gasteiger partial charge in [-0.2, -0.15) is 4.31 Å². The van der Waals surface area contributed by atoms with Gasteiger partial charge >= 0.3 is 0 Å². The number of hydrogen-bond acceptors (Lipinski definition) is 8. The van der Waals surface area contributed by atoms with Crippen molar-refractivity contribution >= 4 is 30.6 Å². The van der Waals surface area contributed by atoms with Crippen LogP contribution >= 0.6 is 0 Å². The number of ether oxygens (including phenoxy) is 2. The summed E-state index contributed by atoms with van der Waals surface area (Å²) in [6.07, 6.45) is 2.89. The highest BCUT2D eigenvalue weighted by molar-refractivity contribution is 7.91. The minimum atomic E-state index is -3.57. The van der Waals surface area contributed by atoms with Crippen LogP contribution in [0.2, 0.25) is 0 Å². The quantitative estimate of drug-likeness (QED) is 0.328. The number of sulfone groups is 1. The monoisotopic (exact) mass is 588 g/mol. The molecule has 2 saturated heterocycles. The molecule has 0 saturated carbocycles. The van der Waals surface area contributed by atoms with E-state index >= 15 is 0 Å². The second-order valence-corrected chi connectivity index (χ2v) is 14.5. The number of nitrogens with one attached hydrogen (secondary N) is 1. The molecule has 2 aliphatic heterocycles. The Morgan fingerprint density at radius 2 is 1.73 bits per heavy atom. The SMILES string of the molecule is O=S(=O)(CCO)c1cccc(OCCCNC2COC3(CCN(S(=O)(=O)c4ccc5ccccc5c4)CC3)C2)c1. The van der Waals surface area contributed by atoms with E-state index in [-0.39, 0.29) is 22.3 Å². The van der Waals surface area contributed by atoms with Gasteiger partial charge in [0.25, 0.3) is 0 Å². The Hall–Kier alpha value is -2.54. The summed E-state index contributed by atoms with van der Waals surface area (Å²) in [6.45, 7) is 2.18. The lowest BCUT2D eigenvalue weighted by atomic mass is 9.88. The first kappa shape index (κ1) is 29.0. The fourth-order valence-corrected chi connectivity index (χ4v) is 8.03. The van der Waals surface area contributed by atoms with Crippen molar-refractivity contribution < 1.29 is 31.4 Å². The van der Waals surface area contributed by atoms with E-state index in [2.05, 4.69) is 5.32 Å². The van der Waals surface area contributed by atoms with Gasteiger partial charge in [0.05, 0.1) is 41.0 Å². The highest BCUT2D eigenvalue weighted by Gasteiger charge is 2.44. The van der Waals surface area contributed by atoms with E-state index in [1.807, 2.05) is 30.3 Å². The molecule has 0 amide bonds. The van der Waals surface area contributed by atoms with E-state index in [1.54, 1.807) is 28.6 Å². The van der Waals surface area contributed by atoms with Crippen molar-refractivity contribution in [2.75, 3.05) is 45.2 Å². The normalized spacial score (nSPS) is 19.8. The van der Waals surface area contributed by atoms with Gasteiger partial charge in [-0.1, -0.05) is 36.4 Å². The molecule has 9 nitrogen and oxygen atoms in total. The van der Waals surface area contributed by atoms with Gasteiger partial charge < -0.3 is 19.9 Å². The lowest BCUT2D eigenvalue weighted by Gasteiger charge is -2.38. The molecule has 0 bridgehead atoms. The third-order valence-corrected chi connectivity index (χ3v) is 11.3. The predicted molar refractivity (Wildman–Crippen MR) is 153 cm³/mol. The van der Waals surface area contributed by atoms with Crippen LogP contribution in [0.5, 0.6) is 5.75 Å². The van der Waals surface area contributed by atoms with Gasteiger partial charge in [0.15, 0.2) is 9.84 Å². The summed E-state index contributed by atoms with van der Waals surface area (Å²) in [6, 6.07) is 19.6. The van der Waals surface area contributed by atoms with E-state index in [0.29, 0.717) is 49.8 Å². The second kappa shape index (κ2) is 12.1. The number of nitrogens with zero attached hydrogens (tertiary/aromatic N) is 1. The van der Waals surface area contributed by atoms with Crippen molar-refractivity contribution in [2.24, 2.45) is 0 Å². The van der Waals surface area contributed by atoms with Gasteiger partial charge in [0.1, 0.15) is 5.75 Å².